The van der Waals surface area contributed by atoms with Gasteiger partial charge in [-0.05, 0) is 49.9 Å². The molecule has 146 valence electrons. The quantitative estimate of drug-likeness (QED) is 0.855. The van der Waals surface area contributed by atoms with Crippen LogP contribution in [0.1, 0.15) is 42.5 Å². The summed E-state index contributed by atoms with van der Waals surface area (Å²) in [5.74, 6) is -1.72. The van der Waals surface area contributed by atoms with Crippen LogP contribution in [-0.2, 0) is 11.2 Å². The molecule has 4 rings (SSSR count). The number of hydrogen-bond acceptors (Lipinski definition) is 2. The summed E-state index contributed by atoms with van der Waals surface area (Å²) in [5, 5.41) is 3.45. The van der Waals surface area contributed by atoms with Crippen molar-refractivity contribution in [3.8, 4) is 0 Å². The van der Waals surface area contributed by atoms with Gasteiger partial charge in [-0.3, -0.25) is 9.69 Å². The van der Waals surface area contributed by atoms with E-state index in [9.17, 15) is 18.0 Å². The molecule has 2 heterocycles. The second kappa shape index (κ2) is 6.55. The van der Waals surface area contributed by atoms with Gasteiger partial charge in [-0.15, -0.1) is 0 Å². The number of carbonyl (C=O) groups is 1. The maximum Gasteiger partial charge on any atom is 0.471 e. The first-order valence-corrected chi connectivity index (χ1v) is 9.51. The minimum atomic E-state index is -4.84. The van der Waals surface area contributed by atoms with E-state index < -0.39 is 18.1 Å². The van der Waals surface area contributed by atoms with Crippen molar-refractivity contribution in [1.82, 2.24) is 15.2 Å². The van der Waals surface area contributed by atoms with Crippen molar-refractivity contribution in [2.75, 3.05) is 13.1 Å². The molecule has 0 unspecified atom stereocenters. The molecule has 1 aliphatic heterocycles. The van der Waals surface area contributed by atoms with Crippen LogP contribution < -0.4 is 5.32 Å². The van der Waals surface area contributed by atoms with Crippen molar-refractivity contribution in [3.63, 3.8) is 0 Å². The van der Waals surface area contributed by atoms with Crippen LogP contribution in [0.15, 0.2) is 18.2 Å². The number of likely N-dealkylation sites (tertiary alicyclic amines) is 1. The van der Waals surface area contributed by atoms with E-state index in [2.05, 4.69) is 35.1 Å². The lowest BCUT2D eigenvalue weighted by atomic mass is 9.73. The molecular formula is C20H24F3N3O. The standard InChI is InChI=1S/C20H24F3N3O/c1-3-7-26-10-12(25-19(27)20(21,22)23)8-15-13-5-4-6-16-18(13)14(9-17(15)26)11(2)24-16/h4-6,12,15,17,24H,3,7-10H2,1-2H3,(H,25,27)/t12-,15+,17+/m0/s1. The van der Waals surface area contributed by atoms with Gasteiger partial charge in [-0.25, -0.2) is 0 Å². The number of amides is 1. The highest BCUT2D eigenvalue weighted by atomic mass is 19.4. The van der Waals surface area contributed by atoms with Gasteiger partial charge in [-0.2, -0.15) is 13.2 Å². The van der Waals surface area contributed by atoms with Gasteiger partial charge in [0, 0.05) is 41.1 Å². The summed E-state index contributed by atoms with van der Waals surface area (Å²) in [6.07, 6.45) is -2.49. The van der Waals surface area contributed by atoms with Crippen molar-refractivity contribution < 1.29 is 18.0 Å². The van der Waals surface area contributed by atoms with Crippen LogP contribution in [0, 0.1) is 6.92 Å². The normalized spacial score (nSPS) is 25.4. The van der Waals surface area contributed by atoms with Gasteiger partial charge in [0.05, 0.1) is 0 Å². The minimum absolute atomic E-state index is 0.121. The van der Waals surface area contributed by atoms with E-state index in [1.54, 1.807) is 0 Å². The Morgan fingerprint density at radius 3 is 2.85 bits per heavy atom. The maximum atomic E-state index is 12.7. The molecule has 3 atom stereocenters. The molecule has 0 radical (unpaired) electrons. The number of hydrogen-bond donors (Lipinski definition) is 2. The Morgan fingerprint density at radius 2 is 2.15 bits per heavy atom. The highest BCUT2D eigenvalue weighted by Crippen LogP contribution is 2.44. The number of piperidine rings is 1. The van der Waals surface area contributed by atoms with Crippen LogP contribution in [-0.4, -0.2) is 47.1 Å². The number of aromatic amines is 1. The zero-order chi connectivity index (χ0) is 19.3. The van der Waals surface area contributed by atoms with Gasteiger partial charge in [0.15, 0.2) is 0 Å². The number of aryl methyl sites for hydroxylation is 1. The molecule has 1 aromatic carbocycles. The first kappa shape index (κ1) is 18.3. The molecule has 4 nitrogen and oxygen atoms in total. The minimum Gasteiger partial charge on any atom is -0.358 e. The van der Waals surface area contributed by atoms with Crippen LogP contribution in [0.25, 0.3) is 10.9 Å². The van der Waals surface area contributed by atoms with E-state index in [1.807, 2.05) is 12.1 Å². The third kappa shape index (κ3) is 3.12. The number of aromatic nitrogens is 1. The van der Waals surface area contributed by atoms with Gasteiger partial charge in [0.25, 0.3) is 0 Å². The van der Waals surface area contributed by atoms with E-state index in [0.29, 0.717) is 13.0 Å². The molecule has 2 aliphatic rings. The van der Waals surface area contributed by atoms with Crippen molar-refractivity contribution >= 4 is 16.8 Å². The van der Waals surface area contributed by atoms with E-state index in [-0.39, 0.29) is 12.0 Å². The number of fused-ring (bicyclic) bond motifs is 2. The van der Waals surface area contributed by atoms with Gasteiger partial charge in [-0.1, -0.05) is 19.1 Å². The fraction of sp³-hybridized carbons (Fsp3) is 0.550. The summed E-state index contributed by atoms with van der Waals surface area (Å²) in [7, 11) is 0. The summed E-state index contributed by atoms with van der Waals surface area (Å²) >= 11 is 0. The van der Waals surface area contributed by atoms with Crippen molar-refractivity contribution in [2.24, 2.45) is 0 Å². The highest BCUT2D eigenvalue weighted by Gasteiger charge is 2.44. The highest BCUT2D eigenvalue weighted by molar-refractivity contribution is 5.89. The number of carbonyl (C=O) groups excluding carboxylic acids is 1. The molecule has 7 heteroatoms. The largest absolute Gasteiger partial charge is 0.471 e. The van der Waals surface area contributed by atoms with E-state index in [4.69, 9.17) is 0 Å². The molecule has 2 aromatic rings. The average molecular weight is 379 g/mol. The topological polar surface area (TPSA) is 48.1 Å². The van der Waals surface area contributed by atoms with E-state index in [1.165, 1.54) is 22.2 Å². The smallest absolute Gasteiger partial charge is 0.358 e. The fourth-order valence-electron chi connectivity index (χ4n) is 4.98. The van der Waals surface area contributed by atoms with Crippen LogP contribution in [0.5, 0.6) is 0 Å². The Kier molecular flexibility index (Phi) is 4.45. The van der Waals surface area contributed by atoms with Crippen LogP contribution in [0.4, 0.5) is 13.2 Å². The van der Waals surface area contributed by atoms with Crippen molar-refractivity contribution in [1.29, 1.82) is 0 Å². The number of nitrogens with zero attached hydrogens (tertiary/aromatic N) is 1. The SMILES string of the molecule is CCCN1C[C@@H](NC(=O)C(F)(F)F)C[C@@H]2c3cccc4[nH]c(C)c(c34)C[C@H]21. The molecular weight excluding hydrogens is 355 g/mol. The first-order valence-electron chi connectivity index (χ1n) is 9.51. The number of benzene rings is 1. The lowest BCUT2D eigenvalue weighted by Gasteiger charge is -2.47. The number of rotatable bonds is 3. The second-order valence-corrected chi connectivity index (χ2v) is 7.78. The zero-order valence-electron chi connectivity index (χ0n) is 15.5. The van der Waals surface area contributed by atoms with Crippen molar-refractivity contribution in [3.05, 3.63) is 35.0 Å². The third-order valence-corrected chi connectivity index (χ3v) is 6.02. The molecule has 1 fully saturated rings. The Hall–Kier alpha value is -2.02. The molecule has 1 aliphatic carbocycles. The Bertz CT molecular complexity index is 873. The average Bonchev–Trinajstić information content (AvgIpc) is 2.92. The van der Waals surface area contributed by atoms with E-state index in [0.717, 1.165) is 24.9 Å². The number of nitrogens with one attached hydrogen (secondary N) is 2. The first-order chi connectivity index (χ1) is 12.8. The van der Waals surface area contributed by atoms with Gasteiger partial charge < -0.3 is 10.3 Å². The number of H-pyrrole nitrogens is 1. The Labute approximate surface area is 156 Å². The summed E-state index contributed by atoms with van der Waals surface area (Å²) in [5.41, 5.74) is 4.76. The second-order valence-electron chi connectivity index (χ2n) is 7.78. The van der Waals surface area contributed by atoms with E-state index >= 15 is 0 Å². The fourth-order valence-corrected chi connectivity index (χ4v) is 4.98. The Balaban J connectivity index is 1.70. The molecule has 0 saturated carbocycles. The number of halogens is 3. The molecule has 1 saturated heterocycles. The maximum absolute atomic E-state index is 12.7. The van der Waals surface area contributed by atoms with Gasteiger partial charge in [0.2, 0.25) is 0 Å². The summed E-state index contributed by atoms with van der Waals surface area (Å²) in [4.78, 5) is 17.2. The summed E-state index contributed by atoms with van der Waals surface area (Å²) in [6, 6.07) is 5.90. The molecule has 1 aromatic heterocycles. The summed E-state index contributed by atoms with van der Waals surface area (Å²) in [6.45, 7) is 5.43. The van der Waals surface area contributed by atoms with Gasteiger partial charge in [0.1, 0.15) is 0 Å². The van der Waals surface area contributed by atoms with Crippen LogP contribution in [0.2, 0.25) is 0 Å². The van der Waals surface area contributed by atoms with Crippen LogP contribution >= 0.6 is 0 Å². The van der Waals surface area contributed by atoms with Gasteiger partial charge >= 0.3 is 12.1 Å². The molecule has 27 heavy (non-hydrogen) atoms. The Morgan fingerprint density at radius 1 is 1.37 bits per heavy atom. The molecule has 0 bridgehead atoms. The molecule has 1 amide bonds. The molecule has 2 N–H and O–H groups in total. The van der Waals surface area contributed by atoms with Crippen LogP contribution in [0.3, 0.4) is 0 Å². The third-order valence-electron chi connectivity index (χ3n) is 6.02. The zero-order valence-corrected chi connectivity index (χ0v) is 15.5. The predicted molar refractivity (Wildman–Crippen MR) is 97.7 cm³/mol. The lowest BCUT2D eigenvalue weighted by molar-refractivity contribution is -0.174. The monoisotopic (exact) mass is 379 g/mol. The predicted octanol–water partition coefficient (Wildman–Crippen LogP) is 3.65. The molecule has 0 spiro atoms. The number of alkyl halides is 3. The summed E-state index contributed by atoms with van der Waals surface area (Å²) < 4.78 is 38.2. The van der Waals surface area contributed by atoms with Crippen molar-refractivity contribution in [2.45, 2.75) is 57.3 Å². The lowest BCUT2D eigenvalue weighted by Crippen LogP contribution is -2.57.